The van der Waals surface area contributed by atoms with Crippen LogP contribution in [0.1, 0.15) is 60.9 Å². The molecule has 0 unspecified atom stereocenters. The Hall–Kier alpha value is -1.74. The third-order valence-electron chi connectivity index (χ3n) is 5.32. The van der Waals surface area contributed by atoms with E-state index in [-0.39, 0.29) is 11.2 Å². The Bertz CT molecular complexity index is 771. The molecule has 2 nitrogen and oxygen atoms in total. The third kappa shape index (κ3) is 4.50. The van der Waals surface area contributed by atoms with Crippen LogP contribution >= 0.6 is 11.8 Å². The second-order valence-corrected chi connectivity index (χ2v) is 8.59. The van der Waals surface area contributed by atoms with Gasteiger partial charge in [-0.25, -0.2) is 0 Å². The molecule has 3 heteroatoms. The summed E-state index contributed by atoms with van der Waals surface area (Å²) in [5.74, 6) is 0.488. The summed E-state index contributed by atoms with van der Waals surface area (Å²) < 4.78 is 0. The summed E-state index contributed by atoms with van der Waals surface area (Å²) in [7, 11) is 0. The van der Waals surface area contributed by atoms with Gasteiger partial charge in [-0.05, 0) is 80.8 Å². The predicted octanol–water partition coefficient (Wildman–Crippen LogP) is 6.55. The highest BCUT2D eigenvalue weighted by molar-refractivity contribution is 8.00. The lowest BCUT2D eigenvalue weighted by atomic mass is 9.97. The van der Waals surface area contributed by atoms with Crippen molar-refractivity contribution >= 4 is 23.4 Å². The van der Waals surface area contributed by atoms with Crippen molar-refractivity contribution in [2.45, 2.75) is 71.0 Å². The lowest BCUT2D eigenvalue weighted by Crippen LogP contribution is -2.23. The van der Waals surface area contributed by atoms with E-state index in [0.29, 0.717) is 5.92 Å². The molecular weight excluding hydrogens is 338 g/mol. The average Bonchev–Trinajstić information content (AvgIpc) is 2.63. The number of nitrogens with one attached hydrogen (secondary N) is 1. The topological polar surface area (TPSA) is 29.1 Å². The van der Waals surface area contributed by atoms with E-state index in [9.17, 15) is 4.79 Å². The van der Waals surface area contributed by atoms with Crippen molar-refractivity contribution in [1.29, 1.82) is 0 Å². The Morgan fingerprint density at radius 1 is 1.04 bits per heavy atom. The Kier molecular flexibility index (Phi) is 6.94. The van der Waals surface area contributed by atoms with Gasteiger partial charge in [0.05, 0.1) is 5.25 Å². The number of hydrogen-bond acceptors (Lipinski definition) is 2. The van der Waals surface area contributed by atoms with Crippen LogP contribution in [0, 0.1) is 27.7 Å². The number of anilines is 1. The normalized spacial score (nSPS) is 13.3. The molecule has 2 aromatic carbocycles. The number of aryl methyl sites for hydroxylation is 2. The van der Waals surface area contributed by atoms with E-state index in [0.717, 1.165) is 12.1 Å². The van der Waals surface area contributed by atoms with Crippen molar-refractivity contribution < 1.29 is 4.79 Å². The summed E-state index contributed by atoms with van der Waals surface area (Å²) >= 11 is 1.66. The van der Waals surface area contributed by atoms with Gasteiger partial charge in [-0.15, -0.1) is 11.8 Å². The minimum atomic E-state index is -0.154. The minimum Gasteiger partial charge on any atom is -0.325 e. The monoisotopic (exact) mass is 369 g/mol. The SMILES string of the molecule is CC[C@H](C)c1ccccc1NC(=O)[C@@H](C)Sc1c(C)c(C)cc(C)c1C. The van der Waals surface area contributed by atoms with Gasteiger partial charge >= 0.3 is 0 Å². The van der Waals surface area contributed by atoms with E-state index in [4.69, 9.17) is 0 Å². The molecule has 0 saturated carbocycles. The molecule has 0 bridgehead atoms. The largest absolute Gasteiger partial charge is 0.325 e. The smallest absolute Gasteiger partial charge is 0.237 e. The molecule has 0 aliphatic carbocycles. The van der Waals surface area contributed by atoms with Crippen molar-refractivity contribution in [3.8, 4) is 0 Å². The molecule has 1 amide bonds. The highest BCUT2D eigenvalue weighted by Gasteiger charge is 2.20. The van der Waals surface area contributed by atoms with Crippen LogP contribution in [0.5, 0.6) is 0 Å². The maximum atomic E-state index is 12.8. The van der Waals surface area contributed by atoms with E-state index >= 15 is 0 Å². The van der Waals surface area contributed by atoms with Crippen molar-refractivity contribution in [2.75, 3.05) is 5.32 Å². The quantitative estimate of drug-likeness (QED) is 0.585. The molecule has 2 aromatic rings. The molecule has 2 rings (SSSR count). The first-order valence-corrected chi connectivity index (χ1v) is 10.3. The lowest BCUT2D eigenvalue weighted by molar-refractivity contribution is -0.115. The number of amides is 1. The van der Waals surface area contributed by atoms with Crippen molar-refractivity contribution in [2.24, 2.45) is 0 Å². The van der Waals surface area contributed by atoms with Crippen LogP contribution in [0.3, 0.4) is 0 Å². The van der Waals surface area contributed by atoms with Gasteiger partial charge in [0.2, 0.25) is 5.91 Å². The summed E-state index contributed by atoms with van der Waals surface area (Å²) in [6.45, 7) is 14.9. The summed E-state index contributed by atoms with van der Waals surface area (Å²) in [4.78, 5) is 14.1. The molecule has 26 heavy (non-hydrogen) atoms. The average molecular weight is 370 g/mol. The van der Waals surface area contributed by atoms with Crippen LogP contribution in [0.25, 0.3) is 0 Å². The Morgan fingerprint density at radius 3 is 2.19 bits per heavy atom. The van der Waals surface area contributed by atoms with Gasteiger partial charge in [0.15, 0.2) is 0 Å². The molecule has 0 radical (unpaired) electrons. The molecule has 0 spiro atoms. The van der Waals surface area contributed by atoms with Crippen molar-refractivity contribution in [1.82, 2.24) is 0 Å². The zero-order valence-electron chi connectivity index (χ0n) is 17.1. The molecule has 0 fully saturated rings. The molecule has 0 aliphatic rings. The highest BCUT2D eigenvalue weighted by atomic mass is 32.2. The van der Waals surface area contributed by atoms with E-state index in [1.807, 2.05) is 25.1 Å². The molecule has 1 N–H and O–H groups in total. The molecule has 0 heterocycles. The number of carbonyl (C=O) groups excluding carboxylic acids is 1. The van der Waals surface area contributed by atoms with Gasteiger partial charge in [0, 0.05) is 10.6 Å². The lowest BCUT2D eigenvalue weighted by Gasteiger charge is -2.20. The minimum absolute atomic E-state index is 0.0590. The van der Waals surface area contributed by atoms with E-state index < -0.39 is 0 Å². The van der Waals surface area contributed by atoms with Crippen LogP contribution in [-0.4, -0.2) is 11.2 Å². The fourth-order valence-electron chi connectivity index (χ4n) is 3.08. The number of hydrogen-bond donors (Lipinski definition) is 1. The third-order valence-corrected chi connectivity index (χ3v) is 6.74. The maximum Gasteiger partial charge on any atom is 0.237 e. The number of para-hydroxylation sites is 1. The zero-order valence-corrected chi connectivity index (χ0v) is 17.9. The van der Waals surface area contributed by atoms with Crippen LogP contribution < -0.4 is 5.32 Å². The number of benzene rings is 2. The van der Waals surface area contributed by atoms with Crippen molar-refractivity contribution in [3.63, 3.8) is 0 Å². The molecule has 0 saturated heterocycles. The Balaban J connectivity index is 2.20. The number of carbonyl (C=O) groups is 1. The molecule has 0 aromatic heterocycles. The van der Waals surface area contributed by atoms with Gasteiger partial charge in [0.1, 0.15) is 0 Å². The first-order chi connectivity index (χ1) is 12.3. The summed E-state index contributed by atoms with van der Waals surface area (Å²) in [6, 6.07) is 10.4. The predicted molar refractivity (Wildman–Crippen MR) is 114 cm³/mol. The van der Waals surface area contributed by atoms with Gasteiger partial charge in [-0.1, -0.05) is 38.1 Å². The first kappa shape index (κ1) is 20.6. The van der Waals surface area contributed by atoms with Crippen LogP contribution in [0.15, 0.2) is 35.2 Å². The van der Waals surface area contributed by atoms with E-state index in [1.165, 1.54) is 32.7 Å². The standard InChI is InChI=1S/C23H31NOS/c1-8-14(2)20-11-9-10-12-21(20)24-23(25)19(7)26-22-17(5)15(3)13-16(4)18(22)6/h9-14,19H,8H2,1-7H3,(H,24,25)/t14-,19+/m0/s1. The molecular formula is C23H31NOS. The van der Waals surface area contributed by atoms with Gasteiger partial charge < -0.3 is 5.32 Å². The second-order valence-electron chi connectivity index (χ2n) is 7.24. The molecule has 0 aliphatic heterocycles. The fraction of sp³-hybridized carbons (Fsp3) is 0.435. The summed E-state index contributed by atoms with van der Waals surface area (Å²) in [5, 5.41) is 3.00. The van der Waals surface area contributed by atoms with Crippen LogP contribution in [0.4, 0.5) is 5.69 Å². The fourth-order valence-corrected chi connectivity index (χ4v) is 4.28. The summed E-state index contributed by atoms with van der Waals surface area (Å²) in [5.41, 5.74) is 7.26. The van der Waals surface area contributed by atoms with Crippen molar-refractivity contribution in [3.05, 3.63) is 58.1 Å². The zero-order chi connectivity index (χ0) is 19.4. The Labute approximate surface area is 162 Å². The second kappa shape index (κ2) is 8.77. The highest BCUT2D eigenvalue weighted by Crippen LogP contribution is 2.34. The maximum absolute atomic E-state index is 12.8. The Morgan fingerprint density at radius 2 is 1.62 bits per heavy atom. The molecule has 2 atom stereocenters. The van der Waals surface area contributed by atoms with Gasteiger partial charge in [0.25, 0.3) is 0 Å². The van der Waals surface area contributed by atoms with Crippen LogP contribution in [-0.2, 0) is 4.79 Å². The first-order valence-electron chi connectivity index (χ1n) is 9.40. The number of thioether (sulfide) groups is 1. The van der Waals surface area contributed by atoms with E-state index in [1.54, 1.807) is 11.8 Å². The number of rotatable bonds is 6. The van der Waals surface area contributed by atoms with E-state index in [2.05, 4.69) is 59.0 Å². The van der Waals surface area contributed by atoms with Crippen LogP contribution in [0.2, 0.25) is 0 Å². The summed E-state index contributed by atoms with van der Waals surface area (Å²) in [6.07, 6.45) is 1.05. The molecule has 140 valence electrons. The van der Waals surface area contributed by atoms with Gasteiger partial charge in [-0.3, -0.25) is 4.79 Å². The van der Waals surface area contributed by atoms with Gasteiger partial charge in [-0.2, -0.15) is 0 Å².